The van der Waals surface area contributed by atoms with Crippen molar-refractivity contribution in [2.75, 3.05) is 0 Å². The predicted molar refractivity (Wildman–Crippen MR) is 57.5 cm³/mol. The van der Waals surface area contributed by atoms with E-state index in [1.165, 1.54) is 12.1 Å². The van der Waals surface area contributed by atoms with E-state index in [4.69, 9.17) is 0 Å². The van der Waals surface area contributed by atoms with Crippen LogP contribution in [0.5, 0.6) is 0 Å². The van der Waals surface area contributed by atoms with E-state index in [2.05, 4.69) is 4.98 Å². The molecule has 2 rings (SSSR count). The molecule has 1 heterocycles. The number of benzene rings is 1. The van der Waals surface area contributed by atoms with Gasteiger partial charge in [0.2, 0.25) is 0 Å². The molecular weight excluding hydrogens is 229 g/mol. The summed E-state index contributed by atoms with van der Waals surface area (Å²) in [6.45, 7) is 2.38. The van der Waals surface area contributed by atoms with Gasteiger partial charge in [0.15, 0.2) is 0 Å². The van der Waals surface area contributed by atoms with Crippen molar-refractivity contribution >= 4 is 0 Å². The minimum absolute atomic E-state index is 0.532. The van der Waals surface area contributed by atoms with Crippen molar-refractivity contribution in [1.29, 1.82) is 0 Å². The maximum Gasteiger partial charge on any atom is 0.416 e. The molecule has 0 radical (unpaired) electrons. The third-order valence-electron chi connectivity index (χ3n) is 2.56. The molecular formula is C12H11F3N2. The molecule has 2 aromatic rings. The molecule has 0 saturated heterocycles. The number of alkyl halides is 3. The normalized spacial score (nSPS) is 11.8. The summed E-state index contributed by atoms with van der Waals surface area (Å²) in [6.07, 6.45) is -0.810. The Morgan fingerprint density at radius 1 is 1.18 bits per heavy atom. The standard InChI is InChI=1S/C12H11F3N2/c1-9-16-6-7-17(9)8-10-2-4-11(5-3-10)12(13,14)15/h2-7H,8H2,1H3. The van der Waals surface area contributed by atoms with Gasteiger partial charge in [-0.1, -0.05) is 12.1 Å². The highest BCUT2D eigenvalue weighted by Crippen LogP contribution is 2.29. The smallest absolute Gasteiger partial charge is 0.331 e. The van der Waals surface area contributed by atoms with Crippen LogP contribution >= 0.6 is 0 Å². The van der Waals surface area contributed by atoms with E-state index in [0.717, 1.165) is 23.5 Å². The monoisotopic (exact) mass is 240 g/mol. The van der Waals surface area contributed by atoms with Gasteiger partial charge in [0.05, 0.1) is 5.56 Å². The summed E-state index contributed by atoms with van der Waals surface area (Å²) in [5, 5.41) is 0. The van der Waals surface area contributed by atoms with Gasteiger partial charge in [-0.15, -0.1) is 0 Å². The second kappa shape index (κ2) is 4.24. The average molecular weight is 240 g/mol. The lowest BCUT2D eigenvalue weighted by molar-refractivity contribution is -0.137. The molecule has 0 aliphatic carbocycles. The first-order valence-corrected chi connectivity index (χ1v) is 5.11. The van der Waals surface area contributed by atoms with E-state index < -0.39 is 11.7 Å². The van der Waals surface area contributed by atoms with Crippen LogP contribution in [0.4, 0.5) is 13.2 Å². The second-order valence-corrected chi connectivity index (χ2v) is 3.80. The van der Waals surface area contributed by atoms with E-state index in [1.54, 1.807) is 12.4 Å². The van der Waals surface area contributed by atoms with Crippen molar-refractivity contribution in [1.82, 2.24) is 9.55 Å². The number of aromatic nitrogens is 2. The molecule has 0 atom stereocenters. The number of nitrogens with zero attached hydrogens (tertiary/aromatic N) is 2. The molecule has 0 amide bonds. The van der Waals surface area contributed by atoms with Gasteiger partial charge in [-0.3, -0.25) is 0 Å². The van der Waals surface area contributed by atoms with Crippen LogP contribution in [-0.4, -0.2) is 9.55 Å². The lowest BCUT2D eigenvalue weighted by atomic mass is 10.1. The molecule has 0 aliphatic heterocycles. The topological polar surface area (TPSA) is 17.8 Å². The highest BCUT2D eigenvalue weighted by Gasteiger charge is 2.29. The third-order valence-corrected chi connectivity index (χ3v) is 2.56. The molecule has 2 nitrogen and oxygen atoms in total. The molecule has 17 heavy (non-hydrogen) atoms. The van der Waals surface area contributed by atoms with Gasteiger partial charge in [0.1, 0.15) is 5.82 Å². The zero-order chi connectivity index (χ0) is 12.5. The minimum atomic E-state index is -4.27. The average Bonchev–Trinajstić information content (AvgIpc) is 2.64. The van der Waals surface area contributed by atoms with E-state index in [9.17, 15) is 13.2 Å². The molecule has 0 spiro atoms. The fraction of sp³-hybridized carbons (Fsp3) is 0.250. The van der Waals surface area contributed by atoms with E-state index in [1.807, 2.05) is 11.5 Å². The van der Waals surface area contributed by atoms with Crippen LogP contribution in [0.1, 0.15) is 17.0 Å². The Hall–Kier alpha value is -1.78. The molecule has 0 bridgehead atoms. The van der Waals surface area contributed by atoms with Crippen molar-refractivity contribution < 1.29 is 13.2 Å². The number of aryl methyl sites for hydroxylation is 1. The molecule has 90 valence electrons. The molecule has 1 aromatic carbocycles. The van der Waals surface area contributed by atoms with E-state index >= 15 is 0 Å². The molecule has 5 heteroatoms. The Morgan fingerprint density at radius 2 is 1.82 bits per heavy atom. The first-order chi connectivity index (χ1) is 7.97. The molecule has 0 unspecified atom stereocenters. The maximum atomic E-state index is 12.3. The number of halogens is 3. The van der Waals surface area contributed by atoms with Crippen LogP contribution in [0.15, 0.2) is 36.7 Å². The molecule has 0 aliphatic rings. The Balaban J connectivity index is 2.17. The summed E-state index contributed by atoms with van der Waals surface area (Å²) in [4.78, 5) is 4.05. The number of hydrogen-bond acceptors (Lipinski definition) is 1. The van der Waals surface area contributed by atoms with Gasteiger partial charge in [-0.25, -0.2) is 4.98 Å². The summed E-state index contributed by atoms with van der Waals surface area (Å²) in [5.74, 6) is 0.838. The molecule has 0 fully saturated rings. The van der Waals surface area contributed by atoms with Crippen molar-refractivity contribution in [3.05, 3.63) is 53.6 Å². The fourth-order valence-corrected chi connectivity index (χ4v) is 1.57. The Kier molecular flexibility index (Phi) is 2.92. The zero-order valence-corrected chi connectivity index (χ0v) is 9.20. The SMILES string of the molecule is Cc1nccn1Cc1ccc(C(F)(F)F)cc1. The van der Waals surface area contributed by atoms with Gasteiger partial charge in [0.25, 0.3) is 0 Å². The summed E-state index contributed by atoms with van der Waals surface area (Å²) < 4.78 is 38.9. The third kappa shape index (κ3) is 2.67. The Morgan fingerprint density at radius 3 is 2.29 bits per heavy atom. The minimum Gasteiger partial charge on any atom is -0.331 e. The van der Waals surface area contributed by atoms with Crippen LogP contribution < -0.4 is 0 Å². The molecule has 1 aromatic heterocycles. The molecule has 0 saturated carbocycles. The van der Waals surface area contributed by atoms with Crippen LogP contribution in [0.25, 0.3) is 0 Å². The Labute approximate surface area is 96.7 Å². The Bertz CT molecular complexity index is 497. The van der Waals surface area contributed by atoms with Crippen molar-refractivity contribution in [3.8, 4) is 0 Å². The highest BCUT2D eigenvalue weighted by molar-refractivity contribution is 5.25. The lowest BCUT2D eigenvalue weighted by Crippen LogP contribution is -2.05. The highest BCUT2D eigenvalue weighted by atomic mass is 19.4. The van der Waals surface area contributed by atoms with Crippen molar-refractivity contribution in [2.24, 2.45) is 0 Å². The van der Waals surface area contributed by atoms with Crippen molar-refractivity contribution in [3.63, 3.8) is 0 Å². The largest absolute Gasteiger partial charge is 0.416 e. The van der Waals surface area contributed by atoms with Gasteiger partial charge >= 0.3 is 6.18 Å². The van der Waals surface area contributed by atoms with Gasteiger partial charge in [-0.05, 0) is 24.6 Å². The van der Waals surface area contributed by atoms with Crippen LogP contribution in [0.2, 0.25) is 0 Å². The van der Waals surface area contributed by atoms with E-state index in [0.29, 0.717) is 6.54 Å². The summed E-state index contributed by atoms with van der Waals surface area (Å²) in [7, 11) is 0. The predicted octanol–water partition coefficient (Wildman–Crippen LogP) is 3.26. The van der Waals surface area contributed by atoms with Crippen molar-refractivity contribution in [2.45, 2.75) is 19.6 Å². The van der Waals surface area contributed by atoms with Gasteiger partial charge in [0, 0.05) is 18.9 Å². The second-order valence-electron chi connectivity index (χ2n) is 3.80. The lowest BCUT2D eigenvalue weighted by Gasteiger charge is -2.08. The zero-order valence-electron chi connectivity index (χ0n) is 9.20. The van der Waals surface area contributed by atoms with Crippen LogP contribution in [-0.2, 0) is 12.7 Å². The quantitative estimate of drug-likeness (QED) is 0.787. The van der Waals surface area contributed by atoms with Crippen LogP contribution in [0.3, 0.4) is 0 Å². The fourth-order valence-electron chi connectivity index (χ4n) is 1.57. The van der Waals surface area contributed by atoms with Gasteiger partial charge in [-0.2, -0.15) is 13.2 Å². The first kappa shape index (κ1) is 11.7. The van der Waals surface area contributed by atoms with Gasteiger partial charge < -0.3 is 4.57 Å². The van der Waals surface area contributed by atoms with E-state index in [-0.39, 0.29) is 0 Å². The summed E-state index contributed by atoms with van der Waals surface area (Å²) >= 11 is 0. The summed E-state index contributed by atoms with van der Waals surface area (Å²) in [5.41, 5.74) is 0.197. The summed E-state index contributed by atoms with van der Waals surface area (Å²) in [6, 6.07) is 5.17. The van der Waals surface area contributed by atoms with Crippen LogP contribution in [0, 0.1) is 6.92 Å². The maximum absolute atomic E-state index is 12.3. The number of rotatable bonds is 2. The first-order valence-electron chi connectivity index (χ1n) is 5.11. The number of imidazole rings is 1. The number of hydrogen-bond donors (Lipinski definition) is 0. The molecule has 0 N–H and O–H groups in total.